The Bertz CT molecular complexity index is 1740. The predicted molar refractivity (Wildman–Crippen MR) is 159 cm³/mol. The van der Waals surface area contributed by atoms with Crippen LogP contribution in [0.4, 0.5) is 5.69 Å². The molecule has 0 spiro atoms. The first-order valence-corrected chi connectivity index (χ1v) is 14.7. The highest BCUT2D eigenvalue weighted by Gasteiger charge is 2.54. The number of nitrogens with one attached hydrogen (secondary N) is 1. The molecule has 1 atom stereocenters. The van der Waals surface area contributed by atoms with Crippen LogP contribution in [0.15, 0.2) is 72.5 Å². The minimum Gasteiger partial charge on any atom is -0.500 e. The van der Waals surface area contributed by atoms with Crippen LogP contribution in [0.2, 0.25) is 0 Å². The van der Waals surface area contributed by atoms with Crippen molar-refractivity contribution in [1.82, 2.24) is 14.2 Å². The predicted octanol–water partition coefficient (Wildman–Crippen LogP) is 3.76. The van der Waals surface area contributed by atoms with E-state index in [4.69, 9.17) is 4.74 Å². The van der Waals surface area contributed by atoms with Gasteiger partial charge in [0.1, 0.15) is 11.7 Å². The number of methoxy groups -OCH3 is 1. The molecule has 3 aliphatic rings. The number of carbonyl (C=O) groups excluding carboxylic acids is 2. The summed E-state index contributed by atoms with van der Waals surface area (Å²) >= 11 is 0. The number of rotatable bonds is 9. The van der Waals surface area contributed by atoms with E-state index in [0.717, 1.165) is 0 Å². The number of carbonyl (C=O) groups is 2. The summed E-state index contributed by atoms with van der Waals surface area (Å²) < 4.78 is 35.5. The van der Waals surface area contributed by atoms with Crippen molar-refractivity contribution in [3.63, 3.8) is 0 Å². The maximum atomic E-state index is 13.9. The third kappa shape index (κ3) is 4.84. The second kappa shape index (κ2) is 10.3. The number of allylic oxidation sites excluding steroid dienone is 3. The van der Waals surface area contributed by atoms with Crippen LogP contribution >= 0.6 is 0 Å². The van der Waals surface area contributed by atoms with Gasteiger partial charge in [-0.2, -0.15) is 4.58 Å². The Morgan fingerprint density at radius 2 is 2.05 bits per heavy atom. The van der Waals surface area contributed by atoms with E-state index in [9.17, 15) is 18.0 Å². The lowest BCUT2D eigenvalue weighted by Gasteiger charge is -2.20. The van der Waals surface area contributed by atoms with Gasteiger partial charge in [0.15, 0.2) is 12.4 Å². The van der Waals surface area contributed by atoms with Crippen molar-refractivity contribution in [2.75, 3.05) is 20.7 Å². The molecule has 10 nitrogen and oxygen atoms in total. The van der Waals surface area contributed by atoms with Crippen LogP contribution in [0.1, 0.15) is 42.1 Å². The van der Waals surface area contributed by atoms with Crippen LogP contribution < -0.4 is 5.32 Å². The molecular formula is C30H34N5O5S+. The number of hydrogen-bond acceptors (Lipinski definition) is 6. The monoisotopic (exact) mass is 576 g/mol. The van der Waals surface area contributed by atoms with E-state index in [0.29, 0.717) is 58.6 Å². The number of aliphatic imine (C=N–C) groups is 1. The number of dihydropyridines is 1. The fourth-order valence-electron chi connectivity index (χ4n) is 5.33. The molecule has 1 aromatic carbocycles. The van der Waals surface area contributed by atoms with Crippen molar-refractivity contribution < 1.29 is 27.3 Å². The fourth-order valence-corrected chi connectivity index (χ4v) is 7.39. The summed E-state index contributed by atoms with van der Waals surface area (Å²) in [7, 11) is -0.462. The van der Waals surface area contributed by atoms with Crippen molar-refractivity contribution in [1.29, 1.82) is 0 Å². The summed E-state index contributed by atoms with van der Waals surface area (Å²) in [6.07, 6.45) is 11.8. The number of benzene rings is 1. The van der Waals surface area contributed by atoms with Gasteiger partial charge < -0.3 is 15.0 Å². The summed E-state index contributed by atoms with van der Waals surface area (Å²) in [5, 5.41) is 3.38. The average Bonchev–Trinajstić information content (AvgIpc) is 3.65. The first-order chi connectivity index (χ1) is 19.4. The van der Waals surface area contributed by atoms with Crippen molar-refractivity contribution >= 4 is 50.4 Å². The Hall–Kier alpha value is -4.25. The van der Waals surface area contributed by atoms with Gasteiger partial charge in [-0.1, -0.05) is 12.7 Å². The molecule has 214 valence electrons. The normalized spacial score (nSPS) is 20.0. The van der Waals surface area contributed by atoms with Crippen molar-refractivity contribution in [3.8, 4) is 0 Å². The molecular weight excluding hydrogens is 542 g/mol. The minimum atomic E-state index is -3.80. The SMILES string of the molecule is C=CCC1(S(=O)(=O)n2cc(C)c3c(C(=O)NCC4C(=O)N=C(C)C=C4OC)cc([N+]4=CC(=C)N(C)C=C4)cc32)CC1. The van der Waals surface area contributed by atoms with Crippen molar-refractivity contribution in [2.24, 2.45) is 10.9 Å². The molecule has 41 heavy (non-hydrogen) atoms. The van der Waals surface area contributed by atoms with Gasteiger partial charge in [-0.15, -0.1) is 6.58 Å². The van der Waals surface area contributed by atoms with Gasteiger partial charge in [0.25, 0.3) is 11.8 Å². The van der Waals surface area contributed by atoms with Crippen LogP contribution in [-0.4, -0.2) is 71.1 Å². The highest BCUT2D eigenvalue weighted by molar-refractivity contribution is 7.91. The fraction of sp³-hybridized carbons (Fsp3) is 0.333. The molecule has 0 saturated heterocycles. The van der Waals surface area contributed by atoms with Crippen LogP contribution in [0.5, 0.6) is 0 Å². The van der Waals surface area contributed by atoms with Gasteiger partial charge in [-0.05, 0) is 44.7 Å². The maximum absolute atomic E-state index is 13.9. The van der Waals surface area contributed by atoms with E-state index in [1.54, 1.807) is 55.1 Å². The molecule has 11 heteroatoms. The first-order valence-electron chi connectivity index (χ1n) is 13.3. The molecule has 1 saturated carbocycles. The van der Waals surface area contributed by atoms with E-state index >= 15 is 0 Å². The number of aryl methyl sites for hydroxylation is 1. The van der Waals surface area contributed by atoms with Crippen LogP contribution in [0.3, 0.4) is 0 Å². The number of ether oxygens (including phenoxy) is 1. The maximum Gasteiger partial charge on any atom is 0.258 e. The molecule has 5 rings (SSSR count). The first kappa shape index (κ1) is 28.3. The molecule has 1 aromatic heterocycles. The molecule has 0 bridgehead atoms. The zero-order valence-corrected chi connectivity index (χ0v) is 24.5. The Morgan fingerprint density at radius 3 is 2.68 bits per heavy atom. The molecule has 1 unspecified atom stereocenters. The van der Waals surface area contributed by atoms with Crippen LogP contribution in [0.25, 0.3) is 10.9 Å². The number of hydrogen-bond donors (Lipinski definition) is 1. The Kier molecular flexibility index (Phi) is 7.10. The van der Waals surface area contributed by atoms with Gasteiger partial charge in [-0.25, -0.2) is 17.4 Å². The minimum absolute atomic E-state index is 0.0301. The van der Waals surface area contributed by atoms with Gasteiger partial charge in [0.2, 0.25) is 15.7 Å². The second-order valence-electron chi connectivity index (χ2n) is 10.7. The molecule has 2 aliphatic heterocycles. The third-order valence-electron chi connectivity index (χ3n) is 7.89. The number of amides is 2. The summed E-state index contributed by atoms with van der Waals surface area (Å²) in [5.74, 6) is -1.19. The van der Waals surface area contributed by atoms with Crippen LogP contribution in [-0.2, 0) is 19.6 Å². The lowest BCUT2D eigenvalue weighted by molar-refractivity contribution is -0.357. The Morgan fingerprint density at radius 1 is 1.32 bits per heavy atom. The second-order valence-corrected chi connectivity index (χ2v) is 12.9. The molecule has 1 fully saturated rings. The zero-order valence-electron chi connectivity index (χ0n) is 23.7. The van der Waals surface area contributed by atoms with Gasteiger partial charge in [-0.3, -0.25) is 9.59 Å². The third-order valence-corrected chi connectivity index (χ3v) is 10.4. The van der Waals surface area contributed by atoms with Crippen molar-refractivity contribution in [2.45, 2.75) is 37.9 Å². The summed E-state index contributed by atoms with van der Waals surface area (Å²) in [5.41, 5.74) is 3.16. The zero-order chi connectivity index (χ0) is 29.7. The van der Waals surface area contributed by atoms with Gasteiger partial charge >= 0.3 is 0 Å². The van der Waals surface area contributed by atoms with E-state index < -0.39 is 32.5 Å². The molecule has 1 N–H and O–H groups in total. The Balaban J connectivity index is 1.61. The van der Waals surface area contributed by atoms with Gasteiger partial charge in [0.05, 0.1) is 34.8 Å². The number of nitrogens with zero attached hydrogens (tertiary/aromatic N) is 4. The topological polar surface area (TPSA) is 113 Å². The lowest BCUT2D eigenvalue weighted by Crippen LogP contribution is -2.35. The Labute approximate surface area is 239 Å². The standard InChI is InChI=1S/C30H33N5O5S/c1-7-8-30(9-10-30)41(38,39)35-17-19(2)27-23(14-22(15-25(27)35)34-12-11-33(5)21(4)18-34)28(36)31-16-24-26(40-6)13-20(3)32-29(24)37/h7,11-15,17-18,24H,1,4,8-10,16H2,2-3,5-6H3/p+1. The van der Waals surface area contributed by atoms with E-state index in [1.807, 2.05) is 24.3 Å². The molecule has 1 aliphatic carbocycles. The van der Waals surface area contributed by atoms with Gasteiger partial charge in [0, 0.05) is 43.0 Å². The summed E-state index contributed by atoms with van der Waals surface area (Å²) in [4.78, 5) is 32.2. The van der Waals surface area contributed by atoms with E-state index in [2.05, 4.69) is 23.5 Å². The smallest absolute Gasteiger partial charge is 0.258 e. The lowest BCUT2D eigenvalue weighted by atomic mass is 10.0. The quantitative estimate of drug-likeness (QED) is 0.359. The van der Waals surface area contributed by atoms with Crippen LogP contribution in [0, 0.1) is 12.8 Å². The average molecular weight is 577 g/mol. The van der Waals surface area contributed by atoms with E-state index in [1.165, 1.54) is 11.1 Å². The highest BCUT2D eigenvalue weighted by Crippen LogP contribution is 2.49. The molecule has 3 heterocycles. The summed E-state index contributed by atoms with van der Waals surface area (Å²) in [6, 6.07) is 3.49. The molecule has 2 aromatic rings. The molecule has 0 radical (unpaired) electrons. The number of aromatic nitrogens is 1. The number of fused-ring (bicyclic) bond motifs is 1. The largest absolute Gasteiger partial charge is 0.500 e. The summed E-state index contributed by atoms with van der Waals surface area (Å²) in [6.45, 7) is 11.3. The molecule has 2 amide bonds. The highest BCUT2D eigenvalue weighted by atomic mass is 32.2. The van der Waals surface area contributed by atoms with Crippen molar-refractivity contribution in [3.05, 3.63) is 78.6 Å². The van der Waals surface area contributed by atoms with E-state index in [-0.39, 0.29) is 12.1 Å².